The van der Waals surface area contributed by atoms with Gasteiger partial charge >= 0.3 is 0 Å². The molecule has 4 nitrogen and oxygen atoms in total. The smallest absolute Gasteiger partial charge is 0.234 e. The predicted octanol–water partition coefficient (Wildman–Crippen LogP) is 3.63. The van der Waals surface area contributed by atoms with Crippen LogP contribution in [0.4, 0.5) is 0 Å². The minimum atomic E-state index is -0.156. The summed E-state index contributed by atoms with van der Waals surface area (Å²) in [6.07, 6.45) is 2.44. The SMILES string of the molecule is COc1ccc([C@@H](NC(=O)CN2CCC[C@@H](C)C2)c2ccccc2)cc1. The van der Waals surface area contributed by atoms with Crippen LogP contribution in [0, 0.1) is 5.92 Å². The number of carbonyl (C=O) groups excluding carboxylic acids is 1. The number of carbonyl (C=O) groups is 1. The van der Waals surface area contributed by atoms with Gasteiger partial charge < -0.3 is 10.1 Å². The average Bonchev–Trinajstić information content (AvgIpc) is 2.67. The molecule has 0 bridgehead atoms. The Hall–Kier alpha value is -2.33. The molecule has 1 N–H and O–H groups in total. The zero-order valence-electron chi connectivity index (χ0n) is 15.7. The molecule has 0 radical (unpaired) electrons. The minimum Gasteiger partial charge on any atom is -0.497 e. The molecule has 138 valence electrons. The van der Waals surface area contributed by atoms with Gasteiger partial charge in [-0.3, -0.25) is 9.69 Å². The lowest BCUT2D eigenvalue weighted by Gasteiger charge is -2.31. The maximum atomic E-state index is 12.7. The molecule has 1 fully saturated rings. The topological polar surface area (TPSA) is 41.6 Å². The zero-order chi connectivity index (χ0) is 18.4. The molecule has 4 heteroatoms. The number of hydrogen-bond acceptors (Lipinski definition) is 3. The number of nitrogens with zero attached hydrogens (tertiary/aromatic N) is 1. The summed E-state index contributed by atoms with van der Waals surface area (Å²) in [7, 11) is 1.66. The first-order valence-corrected chi connectivity index (χ1v) is 9.36. The van der Waals surface area contributed by atoms with Crippen molar-refractivity contribution in [3.63, 3.8) is 0 Å². The fraction of sp³-hybridized carbons (Fsp3) is 0.409. The molecule has 0 aromatic heterocycles. The summed E-state index contributed by atoms with van der Waals surface area (Å²) in [6.45, 7) is 4.74. The van der Waals surface area contributed by atoms with Gasteiger partial charge in [0.05, 0.1) is 19.7 Å². The van der Waals surface area contributed by atoms with Gasteiger partial charge in [0.25, 0.3) is 0 Å². The number of amides is 1. The summed E-state index contributed by atoms with van der Waals surface area (Å²) in [5.41, 5.74) is 2.13. The van der Waals surface area contributed by atoms with E-state index in [1.54, 1.807) is 7.11 Å². The van der Waals surface area contributed by atoms with Gasteiger partial charge in [-0.05, 0) is 48.6 Å². The van der Waals surface area contributed by atoms with E-state index in [4.69, 9.17) is 4.74 Å². The molecule has 1 saturated heterocycles. The Balaban J connectivity index is 1.74. The minimum absolute atomic E-state index is 0.0729. The molecular weight excluding hydrogens is 324 g/mol. The molecule has 0 aliphatic carbocycles. The van der Waals surface area contributed by atoms with Crippen LogP contribution in [0.3, 0.4) is 0 Å². The summed E-state index contributed by atoms with van der Waals surface area (Å²) in [4.78, 5) is 15.0. The number of piperidine rings is 1. The van der Waals surface area contributed by atoms with Crippen molar-refractivity contribution in [3.8, 4) is 5.75 Å². The number of ether oxygens (including phenoxy) is 1. The number of likely N-dealkylation sites (tertiary alicyclic amines) is 1. The molecule has 1 heterocycles. The Morgan fingerprint density at radius 2 is 1.85 bits per heavy atom. The zero-order valence-corrected chi connectivity index (χ0v) is 15.7. The Morgan fingerprint density at radius 1 is 1.15 bits per heavy atom. The lowest BCUT2D eigenvalue weighted by molar-refractivity contribution is -0.123. The van der Waals surface area contributed by atoms with Gasteiger partial charge in [-0.2, -0.15) is 0 Å². The highest BCUT2D eigenvalue weighted by atomic mass is 16.5. The molecular formula is C22H28N2O2. The molecule has 3 rings (SSSR count). The van der Waals surface area contributed by atoms with E-state index in [1.165, 1.54) is 12.8 Å². The number of benzene rings is 2. The highest BCUT2D eigenvalue weighted by Crippen LogP contribution is 2.24. The second-order valence-electron chi connectivity index (χ2n) is 7.17. The van der Waals surface area contributed by atoms with E-state index in [1.807, 2.05) is 42.5 Å². The van der Waals surface area contributed by atoms with Gasteiger partial charge in [-0.1, -0.05) is 49.4 Å². The van der Waals surface area contributed by atoms with Crippen molar-refractivity contribution in [2.45, 2.75) is 25.8 Å². The van der Waals surface area contributed by atoms with Crippen LogP contribution < -0.4 is 10.1 Å². The normalized spacial score (nSPS) is 18.9. The number of nitrogens with one attached hydrogen (secondary N) is 1. The van der Waals surface area contributed by atoms with Crippen LogP contribution in [0.15, 0.2) is 54.6 Å². The highest BCUT2D eigenvalue weighted by Gasteiger charge is 2.21. The van der Waals surface area contributed by atoms with Gasteiger partial charge in [0.1, 0.15) is 5.75 Å². The lowest BCUT2D eigenvalue weighted by Crippen LogP contribution is -2.43. The molecule has 0 spiro atoms. The van der Waals surface area contributed by atoms with Crippen LogP contribution in [0.5, 0.6) is 5.75 Å². The second-order valence-corrected chi connectivity index (χ2v) is 7.17. The van der Waals surface area contributed by atoms with Crippen molar-refractivity contribution in [1.29, 1.82) is 0 Å². The van der Waals surface area contributed by atoms with Crippen LogP contribution >= 0.6 is 0 Å². The highest BCUT2D eigenvalue weighted by molar-refractivity contribution is 5.79. The Kier molecular flexibility index (Phi) is 6.29. The molecule has 0 unspecified atom stereocenters. The molecule has 2 aromatic rings. The van der Waals surface area contributed by atoms with Crippen LogP contribution in [0.1, 0.15) is 36.9 Å². The second kappa shape index (κ2) is 8.86. The summed E-state index contributed by atoms with van der Waals surface area (Å²) in [6, 6.07) is 17.8. The fourth-order valence-electron chi connectivity index (χ4n) is 3.64. The Morgan fingerprint density at radius 3 is 2.50 bits per heavy atom. The third-order valence-electron chi connectivity index (χ3n) is 5.00. The maximum absolute atomic E-state index is 12.7. The number of hydrogen-bond donors (Lipinski definition) is 1. The van der Waals surface area contributed by atoms with E-state index in [-0.39, 0.29) is 11.9 Å². The summed E-state index contributed by atoms with van der Waals surface area (Å²) >= 11 is 0. The van der Waals surface area contributed by atoms with Gasteiger partial charge in [-0.25, -0.2) is 0 Å². The van der Waals surface area contributed by atoms with Crippen molar-refractivity contribution in [3.05, 3.63) is 65.7 Å². The van der Waals surface area contributed by atoms with Crippen molar-refractivity contribution >= 4 is 5.91 Å². The number of rotatable bonds is 6. The summed E-state index contributed by atoms with van der Waals surface area (Å²) in [5, 5.41) is 3.23. The van der Waals surface area contributed by atoms with Gasteiger partial charge in [0.2, 0.25) is 5.91 Å². The van der Waals surface area contributed by atoms with Crippen LogP contribution in [0.25, 0.3) is 0 Å². The molecule has 1 aliphatic rings. The molecule has 2 atom stereocenters. The Labute approximate surface area is 156 Å². The van der Waals surface area contributed by atoms with Crippen molar-refractivity contribution in [1.82, 2.24) is 10.2 Å². The first-order chi connectivity index (χ1) is 12.7. The van der Waals surface area contributed by atoms with Crippen LogP contribution in [0.2, 0.25) is 0 Å². The van der Waals surface area contributed by atoms with E-state index in [9.17, 15) is 4.79 Å². The van der Waals surface area contributed by atoms with E-state index in [0.717, 1.165) is 30.0 Å². The summed E-state index contributed by atoms with van der Waals surface area (Å²) < 4.78 is 5.25. The van der Waals surface area contributed by atoms with Gasteiger partial charge in [0, 0.05) is 6.54 Å². The van der Waals surface area contributed by atoms with E-state index in [0.29, 0.717) is 12.5 Å². The van der Waals surface area contributed by atoms with Crippen molar-refractivity contribution in [2.75, 3.05) is 26.7 Å². The number of methoxy groups -OCH3 is 1. The average molecular weight is 352 g/mol. The van der Waals surface area contributed by atoms with Crippen molar-refractivity contribution in [2.24, 2.45) is 5.92 Å². The molecule has 1 amide bonds. The molecule has 1 aliphatic heterocycles. The molecule has 26 heavy (non-hydrogen) atoms. The first kappa shape index (κ1) is 18.5. The van der Waals surface area contributed by atoms with E-state index < -0.39 is 0 Å². The molecule has 0 saturated carbocycles. The quantitative estimate of drug-likeness (QED) is 0.863. The first-order valence-electron chi connectivity index (χ1n) is 9.36. The van der Waals surface area contributed by atoms with Gasteiger partial charge in [-0.15, -0.1) is 0 Å². The molecule has 2 aromatic carbocycles. The van der Waals surface area contributed by atoms with Crippen LogP contribution in [-0.2, 0) is 4.79 Å². The van der Waals surface area contributed by atoms with E-state index >= 15 is 0 Å². The van der Waals surface area contributed by atoms with Crippen LogP contribution in [-0.4, -0.2) is 37.6 Å². The fourth-order valence-corrected chi connectivity index (χ4v) is 3.64. The standard InChI is InChI=1S/C22H28N2O2/c1-17-7-6-14-24(15-17)16-21(25)23-22(18-8-4-3-5-9-18)19-10-12-20(26-2)13-11-19/h3-5,8-13,17,22H,6-7,14-16H2,1-2H3,(H,23,25)/t17-,22+/m1/s1. The monoisotopic (exact) mass is 352 g/mol. The largest absolute Gasteiger partial charge is 0.497 e. The Bertz CT molecular complexity index is 700. The van der Waals surface area contributed by atoms with E-state index in [2.05, 4.69) is 29.3 Å². The van der Waals surface area contributed by atoms with Gasteiger partial charge in [0.15, 0.2) is 0 Å². The third kappa shape index (κ3) is 4.85. The predicted molar refractivity (Wildman–Crippen MR) is 104 cm³/mol. The van der Waals surface area contributed by atoms with Crippen molar-refractivity contribution < 1.29 is 9.53 Å². The lowest BCUT2D eigenvalue weighted by atomic mass is 9.98. The summed E-state index contributed by atoms with van der Waals surface area (Å²) in [5.74, 6) is 1.56. The maximum Gasteiger partial charge on any atom is 0.234 e. The third-order valence-corrected chi connectivity index (χ3v) is 5.00.